The van der Waals surface area contributed by atoms with Gasteiger partial charge in [-0.15, -0.1) is 4.98 Å². The molecule has 0 amide bonds. The van der Waals surface area contributed by atoms with Crippen molar-refractivity contribution < 1.29 is 9.47 Å². The zero-order valence-corrected chi connectivity index (χ0v) is 16.9. The Bertz CT molecular complexity index is 1030. The lowest BCUT2D eigenvalue weighted by Gasteiger charge is -2.29. The lowest BCUT2D eigenvalue weighted by molar-refractivity contribution is 0.114. The molecule has 1 aromatic carbocycles. The lowest BCUT2D eigenvalue weighted by atomic mass is 10.1. The molecule has 0 radical (unpaired) electrons. The summed E-state index contributed by atoms with van der Waals surface area (Å²) in [4.78, 5) is 13.7. The predicted octanol–water partition coefficient (Wildman–Crippen LogP) is 3.64. The molecule has 3 heterocycles. The van der Waals surface area contributed by atoms with Crippen LogP contribution < -0.4 is 14.8 Å². The van der Waals surface area contributed by atoms with E-state index in [1.54, 1.807) is 7.11 Å². The van der Waals surface area contributed by atoms with E-state index in [0.717, 1.165) is 42.9 Å². The van der Waals surface area contributed by atoms with E-state index in [9.17, 15) is 0 Å². The predicted molar refractivity (Wildman–Crippen MR) is 113 cm³/mol. The summed E-state index contributed by atoms with van der Waals surface area (Å²) in [6.45, 7) is 9.03. The zero-order valence-electron chi connectivity index (χ0n) is 16.9. The number of anilines is 2. The van der Waals surface area contributed by atoms with Crippen LogP contribution in [0.4, 0.5) is 17.5 Å². The Hall–Kier alpha value is -3.64. The molecular weight excluding hydrogens is 382 g/mol. The van der Waals surface area contributed by atoms with Crippen LogP contribution in [0.5, 0.6) is 11.5 Å². The summed E-state index contributed by atoms with van der Waals surface area (Å²) in [6, 6.07) is 7.69. The largest absolute Gasteiger partial charge is 0.496 e. The molecule has 2 N–H and O–H groups in total. The number of aromatic amines is 1. The molecule has 1 aliphatic rings. The second-order valence-electron chi connectivity index (χ2n) is 7.15. The van der Waals surface area contributed by atoms with Gasteiger partial charge in [0.2, 0.25) is 0 Å². The zero-order chi connectivity index (χ0) is 20.9. The first-order valence-corrected chi connectivity index (χ1v) is 9.70. The molecule has 2 aromatic heterocycles. The molecule has 1 saturated heterocycles. The van der Waals surface area contributed by atoms with Gasteiger partial charge in [0, 0.05) is 30.8 Å². The molecular formula is C21H23N7O2. The van der Waals surface area contributed by atoms with Crippen LogP contribution in [0.1, 0.15) is 12.8 Å². The molecule has 1 fully saturated rings. The third kappa shape index (κ3) is 4.50. The molecule has 0 atom stereocenters. The molecule has 0 aliphatic carbocycles. The highest BCUT2D eigenvalue weighted by Gasteiger charge is 2.19. The van der Waals surface area contributed by atoms with Gasteiger partial charge < -0.3 is 24.5 Å². The normalized spacial score (nSPS) is 14.8. The fourth-order valence-corrected chi connectivity index (χ4v) is 3.36. The number of hydrogen-bond acceptors (Lipinski definition) is 7. The number of nitrogens with one attached hydrogen (secondary N) is 2. The maximum absolute atomic E-state index is 6.93. The summed E-state index contributed by atoms with van der Waals surface area (Å²) in [7, 11) is 3.78. The van der Waals surface area contributed by atoms with Crippen molar-refractivity contribution in [2.24, 2.45) is 0 Å². The van der Waals surface area contributed by atoms with Gasteiger partial charge in [-0.25, -0.2) is 4.98 Å². The van der Waals surface area contributed by atoms with Crippen LogP contribution >= 0.6 is 0 Å². The van der Waals surface area contributed by atoms with Gasteiger partial charge in [0.15, 0.2) is 17.8 Å². The van der Waals surface area contributed by atoms with Crippen molar-refractivity contribution >= 4 is 17.5 Å². The van der Waals surface area contributed by atoms with Crippen molar-refractivity contribution in [1.82, 2.24) is 25.1 Å². The molecule has 3 aromatic rings. The summed E-state index contributed by atoms with van der Waals surface area (Å²) < 4.78 is 11.8. The Kier molecular flexibility index (Phi) is 5.77. The SMILES string of the molecule is [C-]#[N+]c1cnc(Nc2cc(-c3ccc(OC4CCN(C)CC4)cc3OC)[nH]n2)cn1. The summed E-state index contributed by atoms with van der Waals surface area (Å²) in [6.07, 6.45) is 5.19. The summed E-state index contributed by atoms with van der Waals surface area (Å²) >= 11 is 0. The molecule has 9 heteroatoms. The minimum absolute atomic E-state index is 0.232. The van der Waals surface area contributed by atoms with Gasteiger partial charge in [0.25, 0.3) is 5.82 Å². The number of H-pyrrole nitrogens is 1. The minimum atomic E-state index is 0.232. The number of aromatic nitrogens is 4. The molecule has 9 nitrogen and oxygen atoms in total. The molecule has 0 spiro atoms. The average molecular weight is 405 g/mol. The number of nitrogens with zero attached hydrogens (tertiary/aromatic N) is 5. The Labute approximate surface area is 174 Å². The van der Waals surface area contributed by atoms with Crippen molar-refractivity contribution in [2.75, 3.05) is 32.6 Å². The Morgan fingerprint density at radius 1 is 1.17 bits per heavy atom. The van der Waals surface area contributed by atoms with Crippen LogP contribution in [0, 0.1) is 6.57 Å². The van der Waals surface area contributed by atoms with Crippen LogP contribution in [0.2, 0.25) is 0 Å². The van der Waals surface area contributed by atoms with Crippen molar-refractivity contribution in [3.05, 3.63) is 48.1 Å². The van der Waals surface area contributed by atoms with E-state index in [1.807, 2.05) is 24.3 Å². The quantitative estimate of drug-likeness (QED) is 0.605. The van der Waals surface area contributed by atoms with Crippen molar-refractivity contribution in [3.63, 3.8) is 0 Å². The second-order valence-corrected chi connectivity index (χ2v) is 7.15. The summed E-state index contributed by atoms with van der Waals surface area (Å²) in [5, 5.41) is 10.3. The van der Waals surface area contributed by atoms with Gasteiger partial charge in [-0.1, -0.05) is 6.57 Å². The molecule has 30 heavy (non-hydrogen) atoms. The van der Waals surface area contributed by atoms with E-state index in [1.165, 1.54) is 12.4 Å². The molecule has 1 aliphatic heterocycles. The third-order valence-corrected chi connectivity index (χ3v) is 5.02. The average Bonchev–Trinajstić information content (AvgIpc) is 3.24. The van der Waals surface area contributed by atoms with Gasteiger partial charge in [-0.05, 0) is 32.0 Å². The van der Waals surface area contributed by atoms with Gasteiger partial charge in [-0.2, -0.15) is 5.10 Å². The van der Waals surface area contributed by atoms with E-state index in [0.29, 0.717) is 17.4 Å². The van der Waals surface area contributed by atoms with Gasteiger partial charge in [0.05, 0.1) is 19.0 Å². The number of hydrogen-bond donors (Lipinski definition) is 2. The standard InChI is InChI=1S/C21H23N7O2/c1-22-20-12-24-21(13-23-20)25-19-11-17(26-27-19)16-5-4-15(10-18(16)29-3)30-14-6-8-28(2)9-7-14/h4-5,10-14H,6-9H2,2-3H3,(H2,24,25,26,27). The van der Waals surface area contributed by atoms with E-state index in [-0.39, 0.29) is 11.9 Å². The van der Waals surface area contributed by atoms with Crippen LogP contribution in [0.25, 0.3) is 16.1 Å². The number of benzene rings is 1. The van der Waals surface area contributed by atoms with E-state index in [2.05, 4.69) is 42.3 Å². The van der Waals surface area contributed by atoms with Gasteiger partial charge in [0.1, 0.15) is 17.6 Å². The van der Waals surface area contributed by atoms with Crippen molar-refractivity contribution in [3.8, 4) is 22.8 Å². The highest BCUT2D eigenvalue weighted by atomic mass is 16.5. The number of rotatable bonds is 6. The minimum Gasteiger partial charge on any atom is -0.496 e. The van der Waals surface area contributed by atoms with E-state index in [4.69, 9.17) is 16.0 Å². The Balaban J connectivity index is 1.47. The molecule has 4 rings (SSSR count). The first kappa shape index (κ1) is 19.7. The number of piperidine rings is 1. The third-order valence-electron chi connectivity index (χ3n) is 5.02. The summed E-state index contributed by atoms with van der Waals surface area (Å²) in [5.41, 5.74) is 1.68. The van der Waals surface area contributed by atoms with Gasteiger partial charge >= 0.3 is 0 Å². The lowest BCUT2D eigenvalue weighted by Crippen LogP contribution is -2.35. The first-order valence-electron chi connectivity index (χ1n) is 9.70. The topological polar surface area (TPSA) is 92.6 Å². The van der Waals surface area contributed by atoms with Crippen LogP contribution in [0.15, 0.2) is 36.7 Å². The fourth-order valence-electron chi connectivity index (χ4n) is 3.36. The van der Waals surface area contributed by atoms with Crippen LogP contribution in [-0.4, -0.2) is 58.4 Å². The summed E-state index contributed by atoms with van der Waals surface area (Å²) in [5.74, 6) is 2.85. The Morgan fingerprint density at radius 2 is 2.00 bits per heavy atom. The fraction of sp³-hybridized carbons (Fsp3) is 0.333. The monoisotopic (exact) mass is 405 g/mol. The second kappa shape index (κ2) is 8.80. The van der Waals surface area contributed by atoms with E-state index >= 15 is 0 Å². The smallest absolute Gasteiger partial charge is 0.288 e. The van der Waals surface area contributed by atoms with E-state index < -0.39 is 0 Å². The first-order chi connectivity index (χ1) is 14.6. The highest BCUT2D eigenvalue weighted by molar-refractivity contribution is 5.71. The van der Waals surface area contributed by atoms with Crippen molar-refractivity contribution in [1.29, 1.82) is 0 Å². The molecule has 0 bridgehead atoms. The molecule has 154 valence electrons. The molecule has 0 unspecified atom stereocenters. The van der Waals surface area contributed by atoms with Crippen LogP contribution in [0.3, 0.4) is 0 Å². The number of likely N-dealkylation sites (tertiary alicyclic amines) is 1. The maximum Gasteiger partial charge on any atom is 0.288 e. The maximum atomic E-state index is 6.93. The van der Waals surface area contributed by atoms with Gasteiger partial charge in [-0.3, -0.25) is 5.10 Å². The van der Waals surface area contributed by atoms with Crippen molar-refractivity contribution in [2.45, 2.75) is 18.9 Å². The highest BCUT2D eigenvalue weighted by Crippen LogP contribution is 2.34. The Morgan fingerprint density at radius 3 is 2.70 bits per heavy atom. The molecule has 0 saturated carbocycles. The number of methoxy groups -OCH3 is 1. The number of ether oxygens (including phenoxy) is 2. The van der Waals surface area contributed by atoms with Crippen LogP contribution in [-0.2, 0) is 0 Å².